The minimum atomic E-state index is -0.471. The predicted molar refractivity (Wildman–Crippen MR) is 68.4 cm³/mol. The lowest BCUT2D eigenvalue weighted by molar-refractivity contribution is 0.141. The van der Waals surface area contributed by atoms with Crippen LogP contribution in [0.2, 0.25) is 0 Å². The van der Waals surface area contributed by atoms with E-state index in [9.17, 15) is 5.11 Å². The standard InChI is InChI=1S/C11H20BrN3O/c1-8(2)15-11(9(12)7-13-15)10(16)5-6-14(3)4/h7-8,10,16H,5-6H2,1-4H3. The summed E-state index contributed by atoms with van der Waals surface area (Å²) in [7, 11) is 4.00. The molecule has 0 aliphatic rings. The number of nitrogens with zero attached hydrogens (tertiary/aromatic N) is 3. The van der Waals surface area contributed by atoms with Crippen molar-refractivity contribution in [3.05, 3.63) is 16.4 Å². The van der Waals surface area contributed by atoms with Gasteiger partial charge in [-0.1, -0.05) is 0 Å². The maximum absolute atomic E-state index is 10.2. The zero-order valence-electron chi connectivity index (χ0n) is 10.3. The molecule has 0 saturated carbocycles. The van der Waals surface area contributed by atoms with Gasteiger partial charge in [-0.15, -0.1) is 0 Å². The lowest BCUT2D eigenvalue weighted by Gasteiger charge is -2.18. The summed E-state index contributed by atoms with van der Waals surface area (Å²) in [6, 6.07) is 0.260. The first-order valence-corrected chi connectivity index (χ1v) is 6.28. The SMILES string of the molecule is CC(C)n1ncc(Br)c1C(O)CCN(C)C. The number of aliphatic hydroxyl groups excluding tert-OH is 1. The van der Waals surface area contributed by atoms with Gasteiger partial charge in [-0.2, -0.15) is 5.10 Å². The van der Waals surface area contributed by atoms with Gasteiger partial charge < -0.3 is 10.0 Å². The van der Waals surface area contributed by atoms with Crippen LogP contribution in [0.25, 0.3) is 0 Å². The molecule has 1 aromatic rings. The highest BCUT2D eigenvalue weighted by Crippen LogP contribution is 2.27. The van der Waals surface area contributed by atoms with E-state index in [1.165, 1.54) is 0 Å². The van der Waals surface area contributed by atoms with Crippen molar-refractivity contribution in [1.82, 2.24) is 14.7 Å². The second-order valence-electron chi connectivity index (χ2n) is 4.52. The third-order valence-corrected chi connectivity index (χ3v) is 3.05. The van der Waals surface area contributed by atoms with Crippen molar-refractivity contribution in [2.45, 2.75) is 32.4 Å². The van der Waals surface area contributed by atoms with E-state index in [4.69, 9.17) is 0 Å². The lowest BCUT2D eigenvalue weighted by atomic mass is 10.1. The number of hydrogen-bond donors (Lipinski definition) is 1. The van der Waals surface area contributed by atoms with Crippen LogP contribution < -0.4 is 0 Å². The smallest absolute Gasteiger partial charge is 0.0980 e. The molecule has 1 atom stereocenters. The first kappa shape index (κ1) is 13.7. The second-order valence-corrected chi connectivity index (χ2v) is 5.38. The Morgan fingerprint density at radius 3 is 2.62 bits per heavy atom. The molecule has 92 valence electrons. The summed E-state index contributed by atoms with van der Waals surface area (Å²) in [5.41, 5.74) is 0.872. The number of rotatable bonds is 5. The van der Waals surface area contributed by atoms with Crippen LogP contribution in [0.15, 0.2) is 10.7 Å². The first-order valence-electron chi connectivity index (χ1n) is 5.49. The molecule has 1 heterocycles. The summed E-state index contributed by atoms with van der Waals surface area (Å²) < 4.78 is 2.75. The highest BCUT2D eigenvalue weighted by molar-refractivity contribution is 9.10. The quantitative estimate of drug-likeness (QED) is 0.904. The Kier molecular flexibility index (Phi) is 4.95. The van der Waals surface area contributed by atoms with E-state index in [-0.39, 0.29) is 6.04 Å². The maximum atomic E-state index is 10.2. The molecular formula is C11H20BrN3O. The zero-order chi connectivity index (χ0) is 12.3. The Morgan fingerprint density at radius 1 is 1.50 bits per heavy atom. The fraction of sp³-hybridized carbons (Fsp3) is 0.727. The summed E-state index contributed by atoms with van der Waals surface area (Å²) in [6.07, 6.45) is 1.99. The van der Waals surface area contributed by atoms with Crippen molar-refractivity contribution >= 4 is 15.9 Å². The van der Waals surface area contributed by atoms with Gasteiger partial charge >= 0.3 is 0 Å². The molecule has 0 aliphatic carbocycles. The Balaban J connectivity index is 2.81. The third-order valence-electron chi connectivity index (χ3n) is 2.44. The Morgan fingerprint density at radius 2 is 2.12 bits per heavy atom. The van der Waals surface area contributed by atoms with Gasteiger partial charge in [0, 0.05) is 12.6 Å². The molecule has 5 heteroatoms. The van der Waals surface area contributed by atoms with Crippen molar-refractivity contribution in [3.8, 4) is 0 Å². The highest BCUT2D eigenvalue weighted by atomic mass is 79.9. The Hall–Kier alpha value is -0.390. The minimum absolute atomic E-state index is 0.260. The molecule has 4 nitrogen and oxygen atoms in total. The van der Waals surface area contributed by atoms with Crippen LogP contribution in [-0.2, 0) is 0 Å². The van der Waals surface area contributed by atoms with Crippen molar-refractivity contribution in [3.63, 3.8) is 0 Å². The molecule has 0 spiro atoms. The van der Waals surface area contributed by atoms with Gasteiger partial charge in [0.15, 0.2) is 0 Å². The molecule has 16 heavy (non-hydrogen) atoms. The topological polar surface area (TPSA) is 41.3 Å². The molecule has 0 fully saturated rings. The molecule has 1 N–H and O–H groups in total. The highest BCUT2D eigenvalue weighted by Gasteiger charge is 2.19. The Bertz CT molecular complexity index is 336. The van der Waals surface area contributed by atoms with Crippen LogP contribution in [0.3, 0.4) is 0 Å². The van der Waals surface area contributed by atoms with Crippen molar-refractivity contribution in [2.24, 2.45) is 0 Å². The summed E-state index contributed by atoms with van der Waals surface area (Å²) in [5.74, 6) is 0. The summed E-state index contributed by atoms with van der Waals surface area (Å²) in [5, 5.41) is 14.4. The van der Waals surface area contributed by atoms with Gasteiger partial charge in [0.05, 0.1) is 22.5 Å². The Labute approximate surface area is 105 Å². The van der Waals surface area contributed by atoms with E-state index >= 15 is 0 Å². The zero-order valence-corrected chi connectivity index (χ0v) is 11.9. The van der Waals surface area contributed by atoms with Crippen molar-refractivity contribution < 1.29 is 5.11 Å². The molecular weight excluding hydrogens is 270 g/mol. The van der Waals surface area contributed by atoms with Gasteiger partial charge in [-0.25, -0.2) is 0 Å². The molecule has 0 saturated heterocycles. The number of hydrogen-bond acceptors (Lipinski definition) is 3. The van der Waals surface area contributed by atoms with Crippen molar-refractivity contribution in [1.29, 1.82) is 0 Å². The summed E-state index contributed by atoms with van der Waals surface area (Å²) in [4.78, 5) is 2.06. The lowest BCUT2D eigenvalue weighted by Crippen LogP contribution is -2.18. The van der Waals surface area contributed by atoms with E-state index < -0.39 is 6.10 Å². The van der Waals surface area contributed by atoms with Gasteiger partial charge in [0.25, 0.3) is 0 Å². The number of halogens is 1. The van der Waals surface area contributed by atoms with E-state index in [1.807, 2.05) is 18.8 Å². The van der Waals surface area contributed by atoms with Gasteiger partial charge in [-0.05, 0) is 50.3 Å². The molecule has 0 amide bonds. The molecule has 0 aromatic carbocycles. The van der Waals surface area contributed by atoms with E-state index in [1.54, 1.807) is 6.20 Å². The molecule has 1 aromatic heterocycles. The second kappa shape index (κ2) is 5.80. The largest absolute Gasteiger partial charge is 0.387 e. The normalized spacial score (nSPS) is 13.8. The van der Waals surface area contributed by atoms with E-state index in [2.05, 4.69) is 39.8 Å². The number of aromatic nitrogens is 2. The fourth-order valence-electron chi connectivity index (χ4n) is 1.59. The molecule has 0 aliphatic heterocycles. The average Bonchev–Trinajstić information content (AvgIpc) is 2.56. The fourth-order valence-corrected chi connectivity index (χ4v) is 2.13. The van der Waals surface area contributed by atoms with E-state index in [0.717, 1.165) is 16.7 Å². The third kappa shape index (κ3) is 3.30. The van der Waals surface area contributed by atoms with Crippen LogP contribution in [0, 0.1) is 0 Å². The number of aliphatic hydroxyl groups is 1. The molecule has 0 bridgehead atoms. The van der Waals surface area contributed by atoms with Crippen LogP contribution >= 0.6 is 15.9 Å². The van der Waals surface area contributed by atoms with Crippen LogP contribution in [-0.4, -0.2) is 40.4 Å². The molecule has 1 unspecified atom stereocenters. The predicted octanol–water partition coefficient (Wildman–Crippen LogP) is 2.21. The van der Waals surface area contributed by atoms with Gasteiger partial charge in [0.2, 0.25) is 0 Å². The van der Waals surface area contributed by atoms with Gasteiger partial charge in [-0.3, -0.25) is 4.68 Å². The first-order chi connectivity index (χ1) is 7.43. The van der Waals surface area contributed by atoms with Crippen LogP contribution in [0.1, 0.15) is 38.1 Å². The van der Waals surface area contributed by atoms with E-state index in [0.29, 0.717) is 6.42 Å². The average molecular weight is 290 g/mol. The molecule has 1 rings (SSSR count). The van der Waals surface area contributed by atoms with Crippen LogP contribution in [0.4, 0.5) is 0 Å². The minimum Gasteiger partial charge on any atom is -0.387 e. The maximum Gasteiger partial charge on any atom is 0.0980 e. The summed E-state index contributed by atoms with van der Waals surface area (Å²) in [6.45, 7) is 4.97. The molecule has 0 radical (unpaired) electrons. The van der Waals surface area contributed by atoms with Crippen molar-refractivity contribution in [2.75, 3.05) is 20.6 Å². The van der Waals surface area contributed by atoms with Gasteiger partial charge in [0.1, 0.15) is 0 Å². The summed E-state index contributed by atoms with van der Waals surface area (Å²) >= 11 is 3.44. The monoisotopic (exact) mass is 289 g/mol. The van der Waals surface area contributed by atoms with Crippen LogP contribution in [0.5, 0.6) is 0 Å².